The summed E-state index contributed by atoms with van der Waals surface area (Å²) >= 11 is 4.38. The number of hydrogen-bond donors (Lipinski definition) is 1. The second-order valence-corrected chi connectivity index (χ2v) is 7.63. The second-order valence-electron chi connectivity index (χ2n) is 5.75. The van der Waals surface area contributed by atoms with Gasteiger partial charge in [-0.3, -0.25) is 14.5 Å². The van der Waals surface area contributed by atoms with E-state index in [-0.39, 0.29) is 15.1 Å². The Morgan fingerprint density at radius 2 is 2.04 bits per heavy atom. The van der Waals surface area contributed by atoms with Crippen LogP contribution in [0.2, 0.25) is 0 Å². The lowest BCUT2D eigenvalue weighted by molar-refractivity contribution is -0.140. The van der Waals surface area contributed by atoms with Crippen molar-refractivity contribution in [3.05, 3.63) is 51.6 Å². The van der Waals surface area contributed by atoms with Crippen molar-refractivity contribution in [1.29, 1.82) is 0 Å². The van der Waals surface area contributed by atoms with E-state index in [4.69, 9.17) is 0 Å². The van der Waals surface area contributed by atoms with E-state index in [0.717, 1.165) is 25.9 Å². The summed E-state index contributed by atoms with van der Waals surface area (Å²) in [6, 6.07) is 8.31. The maximum absolute atomic E-state index is 13.1. The number of rotatable bonds is 2. The van der Waals surface area contributed by atoms with E-state index in [9.17, 15) is 18.0 Å². The van der Waals surface area contributed by atoms with Gasteiger partial charge in [-0.1, -0.05) is 22.0 Å². The van der Waals surface area contributed by atoms with Gasteiger partial charge in [0, 0.05) is 28.5 Å². The molecule has 1 N–H and O–H groups in total. The fourth-order valence-corrected chi connectivity index (χ4v) is 4.20. The summed E-state index contributed by atoms with van der Waals surface area (Å²) in [5.74, 6) is -0.501. The average Bonchev–Trinajstić information content (AvgIpc) is 3.18. The number of thiophene rings is 1. The number of halogens is 4. The van der Waals surface area contributed by atoms with Crippen molar-refractivity contribution in [2.75, 3.05) is 5.32 Å². The molecule has 0 spiro atoms. The van der Waals surface area contributed by atoms with Crippen LogP contribution in [0, 0.1) is 0 Å². The van der Waals surface area contributed by atoms with Crippen LogP contribution in [0.5, 0.6) is 0 Å². The van der Waals surface area contributed by atoms with Gasteiger partial charge in [-0.05, 0) is 24.3 Å². The van der Waals surface area contributed by atoms with E-state index < -0.39 is 17.8 Å². The third-order valence-corrected chi connectivity index (χ3v) is 5.86. The molecule has 0 bridgehead atoms. The molecule has 0 saturated heterocycles. The molecule has 4 aromatic rings. The van der Waals surface area contributed by atoms with Crippen molar-refractivity contribution < 1.29 is 18.0 Å². The van der Waals surface area contributed by atoms with Crippen LogP contribution in [0.4, 0.5) is 18.9 Å². The van der Waals surface area contributed by atoms with Crippen LogP contribution in [0.25, 0.3) is 21.1 Å². The molecule has 27 heavy (non-hydrogen) atoms. The number of nitrogens with one attached hydrogen (secondary N) is 1. The van der Waals surface area contributed by atoms with E-state index in [1.807, 2.05) is 6.07 Å². The maximum Gasteiger partial charge on any atom is 0.435 e. The van der Waals surface area contributed by atoms with E-state index in [0.29, 0.717) is 11.2 Å². The van der Waals surface area contributed by atoms with Crippen LogP contribution >= 0.6 is 27.3 Å². The van der Waals surface area contributed by atoms with Crippen LogP contribution in [0.3, 0.4) is 0 Å². The average molecular weight is 455 g/mol. The predicted molar refractivity (Wildman–Crippen MR) is 101 cm³/mol. The quantitative estimate of drug-likeness (QED) is 0.451. The molecule has 3 heterocycles. The Labute approximate surface area is 162 Å². The smallest absolute Gasteiger partial charge is 0.319 e. The number of pyridine rings is 1. The van der Waals surface area contributed by atoms with Crippen LogP contribution in [-0.2, 0) is 13.2 Å². The summed E-state index contributed by atoms with van der Waals surface area (Å²) in [5, 5.41) is 6.98. The zero-order chi connectivity index (χ0) is 19.3. The number of alkyl halides is 3. The van der Waals surface area contributed by atoms with Gasteiger partial charge in [0.2, 0.25) is 0 Å². The normalized spacial score (nSPS) is 12.0. The molecule has 3 aromatic heterocycles. The highest BCUT2D eigenvalue weighted by atomic mass is 79.9. The van der Waals surface area contributed by atoms with Gasteiger partial charge in [0.05, 0.1) is 16.1 Å². The van der Waals surface area contributed by atoms with Gasteiger partial charge in [-0.15, -0.1) is 11.3 Å². The molecule has 0 aliphatic carbocycles. The number of carbonyl (C=O) groups excluding carboxylic acids is 1. The molecule has 1 aromatic carbocycles. The van der Waals surface area contributed by atoms with E-state index >= 15 is 0 Å². The van der Waals surface area contributed by atoms with Gasteiger partial charge in [-0.25, -0.2) is 0 Å². The molecule has 0 saturated carbocycles. The van der Waals surface area contributed by atoms with Crippen LogP contribution < -0.4 is 5.32 Å². The first-order valence-corrected chi connectivity index (χ1v) is 9.25. The molecular weight excluding hydrogens is 445 g/mol. The summed E-state index contributed by atoms with van der Waals surface area (Å²) < 4.78 is 41.3. The molecule has 10 heteroatoms. The van der Waals surface area contributed by atoms with Crippen molar-refractivity contribution >= 4 is 60.0 Å². The van der Waals surface area contributed by atoms with Gasteiger partial charge < -0.3 is 5.32 Å². The van der Waals surface area contributed by atoms with E-state index in [1.54, 1.807) is 24.4 Å². The number of aryl methyl sites for hydroxylation is 1. The molecule has 0 atom stereocenters. The summed E-state index contributed by atoms with van der Waals surface area (Å²) in [6.07, 6.45) is -2.98. The number of hydrogen-bond acceptors (Lipinski definition) is 4. The van der Waals surface area contributed by atoms with Crippen LogP contribution in [0.1, 0.15) is 15.4 Å². The first-order valence-electron chi connectivity index (χ1n) is 7.64. The molecule has 0 aliphatic heterocycles. The van der Waals surface area contributed by atoms with Crippen molar-refractivity contribution in [3.8, 4) is 0 Å². The van der Waals surface area contributed by atoms with Gasteiger partial charge >= 0.3 is 6.18 Å². The highest BCUT2D eigenvalue weighted by Gasteiger charge is 2.37. The summed E-state index contributed by atoms with van der Waals surface area (Å²) in [4.78, 5) is 17.4. The zero-order valence-corrected chi connectivity index (χ0v) is 16.0. The molecular formula is C17H10BrF3N4OS. The molecule has 4 rings (SSSR count). The topological polar surface area (TPSA) is 59.8 Å². The SMILES string of the molecule is Cn1nc(C(F)(F)F)c2cc(C(=O)Nc3ccc(Br)c4cccnc34)sc21. The first-order chi connectivity index (χ1) is 12.8. The molecule has 0 unspecified atom stereocenters. The minimum atomic E-state index is -4.58. The minimum Gasteiger partial charge on any atom is -0.319 e. The number of fused-ring (bicyclic) bond motifs is 2. The van der Waals surface area contributed by atoms with Gasteiger partial charge in [0.1, 0.15) is 4.83 Å². The van der Waals surface area contributed by atoms with E-state index in [2.05, 4.69) is 31.3 Å². The third-order valence-electron chi connectivity index (χ3n) is 3.97. The lowest BCUT2D eigenvalue weighted by atomic mass is 10.2. The zero-order valence-electron chi connectivity index (χ0n) is 13.6. The lowest BCUT2D eigenvalue weighted by Crippen LogP contribution is -2.11. The minimum absolute atomic E-state index is 0.0843. The number of nitrogens with zero attached hydrogens (tertiary/aromatic N) is 3. The number of benzene rings is 1. The van der Waals surface area contributed by atoms with Gasteiger partial charge in [-0.2, -0.15) is 18.3 Å². The number of amides is 1. The van der Waals surface area contributed by atoms with E-state index in [1.165, 1.54) is 13.1 Å². The number of carbonyl (C=O) groups is 1. The number of anilines is 1. The van der Waals surface area contributed by atoms with Gasteiger partial charge in [0.15, 0.2) is 5.69 Å². The van der Waals surface area contributed by atoms with Crippen molar-refractivity contribution in [1.82, 2.24) is 14.8 Å². The maximum atomic E-state index is 13.1. The summed E-state index contributed by atoms with van der Waals surface area (Å²) in [5.41, 5.74) is 0.0652. The Bertz CT molecular complexity index is 1200. The van der Waals surface area contributed by atoms with Crippen molar-refractivity contribution in [2.24, 2.45) is 7.05 Å². The largest absolute Gasteiger partial charge is 0.435 e. The second kappa shape index (κ2) is 6.31. The van der Waals surface area contributed by atoms with Crippen molar-refractivity contribution in [3.63, 3.8) is 0 Å². The molecule has 1 amide bonds. The number of aromatic nitrogens is 3. The fourth-order valence-electron chi connectivity index (χ4n) is 2.78. The monoisotopic (exact) mass is 454 g/mol. The summed E-state index contributed by atoms with van der Waals surface area (Å²) in [6.45, 7) is 0. The first kappa shape index (κ1) is 17.9. The highest BCUT2D eigenvalue weighted by molar-refractivity contribution is 9.10. The Morgan fingerprint density at radius 1 is 1.26 bits per heavy atom. The molecule has 138 valence electrons. The Hall–Kier alpha value is -2.46. The Morgan fingerprint density at radius 3 is 2.78 bits per heavy atom. The lowest BCUT2D eigenvalue weighted by Gasteiger charge is -2.08. The van der Waals surface area contributed by atoms with Gasteiger partial charge in [0.25, 0.3) is 5.91 Å². The molecule has 0 fully saturated rings. The third kappa shape index (κ3) is 3.08. The van der Waals surface area contributed by atoms with Crippen LogP contribution in [-0.4, -0.2) is 20.7 Å². The molecule has 0 radical (unpaired) electrons. The predicted octanol–water partition coefficient (Wildman–Crippen LogP) is 5.22. The summed E-state index contributed by atoms with van der Waals surface area (Å²) in [7, 11) is 1.42. The fraction of sp³-hybridized carbons (Fsp3) is 0.118. The Kier molecular flexibility index (Phi) is 4.19. The standard InChI is InChI=1S/C17H10BrF3N4OS/c1-25-16-9(14(24-25)17(19,20)21)7-12(27-16)15(26)23-11-5-4-10(18)8-3-2-6-22-13(8)11/h2-7H,1H3,(H,23,26). The Balaban J connectivity index is 1.73. The molecule has 5 nitrogen and oxygen atoms in total. The molecule has 0 aliphatic rings. The highest BCUT2D eigenvalue weighted by Crippen LogP contribution is 2.37. The van der Waals surface area contributed by atoms with Crippen LogP contribution in [0.15, 0.2) is 41.0 Å². The van der Waals surface area contributed by atoms with Crippen molar-refractivity contribution in [2.45, 2.75) is 6.18 Å².